The van der Waals surface area contributed by atoms with E-state index >= 15 is 0 Å². The Bertz CT molecular complexity index is 454. The van der Waals surface area contributed by atoms with Gasteiger partial charge in [-0.3, -0.25) is 14.7 Å². The molecule has 24 heavy (non-hydrogen) atoms. The Balaban J connectivity index is 0.00000208. The minimum atomic E-state index is 0. The van der Waals surface area contributed by atoms with Gasteiger partial charge >= 0.3 is 0 Å². The molecule has 3 aliphatic rings. The third-order valence-electron chi connectivity index (χ3n) is 5.19. The molecule has 0 aromatic carbocycles. The predicted molar refractivity (Wildman–Crippen MR) is 105 cm³/mol. The van der Waals surface area contributed by atoms with Crippen molar-refractivity contribution >= 4 is 35.8 Å². The van der Waals surface area contributed by atoms with Crippen LogP contribution in [0.5, 0.6) is 0 Å². The van der Waals surface area contributed by atoms with Crippen LogP contribution in [0.25, 0.3) is 0 Å². The molecule has 0 aromatic rings. The number of nitrogens with zero attached hydrogens (tertiary/aromatic N) is 3. The number of rotatable bonds is 4. The minimum absolute atomic E-state index is 0. The average Bonchev–Trinajstić information content (AvgIpc) is 3.17. The van der Waals surface area contributed by atoms with Gasteiger partial charge in [0, 0.05) is 53.2 Å². The maximum atomic E-state index is 11.3. The van der Waals surface area contributed by atoms with Crippen LogP contribution in [0.4, 0.5) is 0 Å². The number of nitrogens with one attached hydrogen (secondary N) is 2. The maximum Gasteiger partial charge on any atom is 0.219 e. The number of hydrogen-bond donors (Lipinski definition) is 2. The van der Waals surface area contributed by atoms with Gasteiger partial charge in [0.15, 0.2) is 5.96 Å². The Labute approximate surface area is 161 Å². The van der Waals surface area contributed by atoms with Gasteiger partial charge < -0.3 is 20.3 Å². The molecule has 2 N–H and O–H groups in total. The van der Waals surface area contributed by atoms with Crippen LogP contribution in [0.1, 0.15) is 26.2 Å². The fourth-order valence-electron chi connectivity index (χ4n) is 3.78. The van der Waals surface area contributed by atoms with Crippen LogP contribution >= 0.6 is 24.0 Å². The van der Waals surface area contributed by atoms with Gasteiger partial charge in [0.1, 0.15) is 0 Å². The number of aliphatic imine (C=N–C) groups is 1. The molecule has 138 valence electrons. The lowest BCUT2D eigenvalue weighted by atomic mass is 9.96. The molecule has 8 heteroatoms. The summed E-state index contributed by atoms with van der Waals surface area (Å²) in [6, 6.07) is 0.402. The van der Waals surface area contributed by atoms with Crippen LogP contribution in [0.2, 0.25) is 0 Å². The molecule has 3 rings (SSSR count). The average molecular weight is 451 g/mol. The van der Waals surface area contributed by atoms with Crippen LogP contribution in [0.3, 0.4) is 0 Å². The third kappa shape index (κ3) is 4.95. The summed E-state index contributed by atoms with van der Waals surface area (Å²) in [6.45, 7) is 7.06. The number of fused-ring (bicyclic) bond motifs is 2. The van der Waals surface area contributed by atoms with E-state index in [1.165, 1.54) is 12.8 Å². The zero-order chi connectivity index (χ0) is 16.2. The monoisotopic (exact) mass is 451 g/mol. The normalized spacial score (nSPS) is 30.2. The molecule has 0 radical (unpaired) electrons. The number of carbonyl (C=O) groups is 1. The number of amides is 1. The molecule has 2 bridgehead atoms. The van der Waals surface area contributed by atoms with E-state index in [1.54, 1.807) is 6.92 Å². The van der Waals surface area contributed by atoms with Crippen LogP contribution in [-0.4, -0.2) is 86.2 Å². The molecule has 3 aliphatic heterocycles. The molecule has 0 aromatic heterocycles. The Morgan fingerprint density at radius 2 is 2.00 bits per heavy atom. The molecular weight excluding hydrogens is 421 g/mol. The van der Waals surface area contributed by atoms with Gasteiger partial charge in [-0.1, -0.05) is 0 Å². The summed E-state index contributed by atoms with van der Waals surface area (Å²) < 4.78 is 5.87. The molecule has 3 fully saturated rings. The summed E-state index contributed by atoms with van der Waals surface area (Å²) in [5.74, 6) is 1.05. The summed E-state index contributed by atoms with van der Waals surface area (Å²) in [4.78, 5) is 20.0. The van der Waals surface area contributed by atoms with Crippen molar-refractivity contribution in [2.75, 3.05) is 46.3 Å². The van der Waals surface area contributed by atoms with E-state index < -0.39 is 0 Å². The van der Waals surface area contributed by atoms with Crippen molar-refractivity contribution in [2.45, 2.75) is 44.4 Å². The van der Waals surface area contributed by atoms with Crippen molar-refractivity contribution in [2.24, 2.45) is 4.99 Å². The lowest BCUT2D eigenvalue weighted by molar-refractivity contribution is -0.130. The van der Waals surface area contributed by atoms with Crippen LogP contribution in [-0.2, 0) is 9.53 Å². The topological polar surface area (TPSA) is 69.2 Å². The van der Waals surface area contributed by atoms with E-state index in [2.05, 4.69) is 20.5 Å². The van der Waals surface area contributed by atoms with Crippen LogP contribution in [0.15, 0.2) is 4.99 Å². The van der Waals surface area contributed by atoms with Crippen molar-refractivity contribution in [3.63, 3.8) is 0 Å². The smallest absolute Gasteiger partial charge is 0.219 e. The van der Waals surface area contributed by atoms with E-state index in [1.807, 2.05) is 11.9 Å². The molecular formula is C16H30IN5O2. The summed E-state index contributed by atoms with van der Waals surface area (Å²) in [6.07, 6.45) is 4.28. The van der Waals surface area contributed by atoms with Gasteiger partial charge in [-0.2, -0.15) is 0 Å². The molecule has 0 spiro atoms. The number of piperazine rings is 1. The lowest BCUT2D eigenvalue weighted by Gasteiger charge is -2.34. The first-order valence-electron chi connectivity index (χ1n) is 8.76. The van der Waals surface area contributed by atoms with E-state index in [0.29, 0.717) is 18.2 Å². The largest absolute Gasteiger partial charge is 0.373 e. The van der Waals surface area contributed by atoms with E-state index in [4.69, 9.17) is 4.74 Å². The highest BCUT2D eigenvalue weighted by Gasteiger charge is 2.41. The van der Waals surface area contributed by atoms with E-state index in [9.17, 15) is 4.79 Å². The van der Waals surface area contributed by atoms with Crippen molar-refractivity contribution in [1.82, 2.24) is 20.4 Å². The molecule has 0 saturated carbocycles. The van der Waals surface area contributed by atoms with E-state index in [0.717, 1.165) is 51.6 Å². The Kier molecular flexibility index (Phi) is 7.55. The van der Waals surface area contributed by atoms with Crippen molar-refractivity contribution in [1.29, 1.82) is 0 Å². The summed E-state index contributed by atoms with van der Waals surface area (Å²) in [5, 5.41) is 6.90. The summed E-state index contributed by atoms with van der Waals surface area (Å²) in [5.41, 5.74) is 0. The lowest BCUT2D eigenvalue weighted by Crippen LogP contribution is -2.51. The first kappa shape index (κ1) is 19.7. The number of hydrogen-bond acceptors (Lipinski definition) is 4. The molecule has 3 saturated heterocycles. The third-order valence-corrected chi connectivity index (χ3v) is 5.19. The second-order valence-electron chi connectivity index (χ2n) is 6.71. The van der Waals surface area contributed by atoms with E-state index in [-0.39, 0.29) is 29.9 Å². The minimum Gasteiger partial charge on any atom is -0.373 e. The van der Waals surface area contributed by atoms with Gasteiger partial charge in [-0.25, -0.2) is 0 Å². The first-order valence-corrected chi connectivity index (χ1v) is 8.76. The number of guanidine groups is 1. The van der Waals surface area contributed by atoms with Gasteiger partial charge in [0.25, 0.3) is 0 Å². The van der Waals surface area contributed by atoms with Gasteiger partial charge in [-0.05, 0) is 19.3 Å². The summed E-state index contributed by atoms with van der Waals surface area (Å²) >= 11 is 0. The van der Waals surface area contributed by atoms with Crippen molar-refractivity contribution in [3.8, 4) is 0 Å². The van der Waals surface area contributed by atoms with Crippen molar-refractivity contribution in [3.05, 3.63) is 0 Å². The number of halogens is 1. The molecule has 0 aliphatic carbocycles. The Morgan fingerprint density at radius 3 is 2.54 bits per heavy atom. The highest BCUT2D eigenvalue weighted by atomic mass is 127. The van der Waals surface area contributed by atoms with Crippen LogP contribution < -0.4 is 10.6 Å². The molecule has 1 amide bonds. The van der Waals surface area contributed by atoms with Gasteiger partial charge in [0.2, 0.25) is 5.91 Å². The zero-order valence-electron chi connectivity index (χ0n) is 14.7. The standard InChI is InChI=1S/C16H29N5O2.HI/c1-12(22)21-9-7-20(8-10-21)6-5-18-16(17-2)19-14-11-13-3-4-15(14)23-13;/h13-15H,3-11H2,1-2H3,(H2,17,18,19);1H. The van der Waals surface area contributed by atoms with Gasteiger partial charge in [-0.15, -0.1) is 24.0 Å². The second-order valence-corrected chi connectivity index (χ2v) is 6.71. The first-order chi connectivity index (χ1) is 11.2. The highest BCUT2D eigenvalue weighted by molar-refractivity contribution is 14.0. The molecule has 7 nitrogen and oxygen atoms in total. The molecule has 3 atom stereocenters. The number of ether oxygens (including phenoxy) is 1. The quantitative estimate of drug-likeness (QED) is 0.365. The summed E-state index contributed by atoms with van der Waals surface area (Å²) in [7, 11) is 1.81. The highest BCUT2D eigenvalue weighted by Crippen LogP contribution is 2.34. The van der Waals surface area contributed by atoms with Crippen LogP contribution in [0, 0.1) is 0 Å². The zero-order valence-corrected chi connectivity index (χ0v) is 17.0. The Morgan fingerprint density at radius 1 is 1.25 bits per heavy atom. The fraction of sp³-hybridized carbons (Fsp3) is 0.875. The van der Waals surface area contributed by atoms with Gasteiger partial charge in [0.05, 0.1) is 18.2 Å². The second kappa shape index (κ2) is 9.19. The fourth-order valence-corrected chi connectivity index (χ4v) is 3.78. The molecule has 3 heterocycles. The predicted octanol–water partition coefficient (Wildman–Crippen LogP) is 0.253. The SMILES string of the molecule is CN=C(NCCN1CCN(C(C)=O)CC1)NC1CC2CCC1O2.I. The van der Waals surface area contributed by atoms with Crippen molar-refractivity contribution < 1.29 is 9.53 Å². The maximum absolute atomic E-state index is 11.3. The molecule has 3 unspecified atom stereocenters. The number of carbonyl (C=O) groups excluding carboxylic acids is 1. The Hall–Kier alpha value is -0.610.